The number of rotatable bonds is 3. The molecule has 0 unspecified atom stereocenters. The van der Waals surface area contributed by atoms with Crippen LogP contribution in [0.5, 0.6) is 0 Å². The van der Waals surface area contributed by atoms with Crippen molar-refractivity contribution < 1.29 is 9.64 Å². The van der Waals surface area contributed by atoms with E-state index < -0.39 is 0 Å². The van der Waals surface area contributed by atoms with Gasteiger partial charge in [-0.3, -0.25) is 0 Å². The Kier molecular flexibility index (Phi) is 3.88. The lowest BCUT2D eigenvalue weighted by molar-refractivity contribution is -0.922. The van der Waals surface area contributed by atoms with E-state index in [0.29, 0.717) is 0 Å². The second-order valence-corrected chi connectivity index (χ2v) is 8.61. The normalized spacial score (nSPS) is 17.6. The number of ether oxygens (including phenoxy) is 1. The van der Waals surface area contributed by atoms with E-state index >= 15 is 0 Å². The first-order valence-electron chi connectivity index (χ1n) is 9.90. The van der Waals surface area contributed by atoms with E-state index in [-0.39, 0.29) is 0 Å². The molecule has 1 saturated heterocycles. The molecule has 1 N–H and O–H groups in total. The smallest absolute Gasteiger partial charge is 0.187 e. The van der Waals surface area contributed by atoms with Gasteiger partial charge < -0.3 is 9.64 Å². The number of nitrogens with one attached hydrogen (secondary N) is 1. The molecule has 0 spiro atoms. The lowest BCUT2D eigenvalue weighted by Gasteiger charge is -2.23. The van der Waals surface area contributed by atoms with Crippen molar-refractivity contribution in [1.82, 2.24) is 25.0 Å². The van der Waals surface area contributed by atoms with E-state index in [1.54, 1.807) is 0 Å². The van der Waals surface area contributed by atoms with Gasteiger partial charge >= 0.3 is 0 Å². The van der Waals surface area contributed by atoms with Crippen molar-refractivity contribution in [3.8, 4) is 5.82 Å². The van der Waals surface area contributed by atoms with Gasteiger partial charge in [-0.25, -0.2) is 9.97 Å². The van der Waals surface area contributed by atoms with E-state index in [0.717, 1.165) is 73.2 Å². The Morgan fingerprint density at radius 3 is 2.93 bits per heavy atom. The van der Waals surface area contributed by atoms with Gasteiger partial charge in [0.15, 0.2) is 11.6 Å². The van der Waals surface area contributed by atoms with Crippen molar-refractivity contribution in [1.29, 1.82) is 0 Å². The zero-order chi connectivity index (χ0) is 18.5. The quantitative estimate of drug-likeness (QED) is 0.569. The van der Waals surface area contributed by atoms with Gasteiger partial charge in [-0.2, -0.15) is 4.68 Å². The van der Waals surface area contributed by atoms with Crippen molar-refractivity contribution in [2.75, 3.05) is 26.3 Å². The van der Waals surface area contributed by atoms with Crippen LogP contribution in [0.4, 0.5) is 0 Å². The number of para-hydroxylation sites is 1. The van der Waals surface area contributed by atoms with Crippen molar-refractivity contribution in [3.63, 3.8) is 0 Å². The third-order valence-corrected chi connectivity index (χ3v) is 6.94. The van der Waals surface area contributed by atoms with Gasteiger partial charge in [-0.15, -0.1) is 16.4 Å². The molecule has 0 amide bonds. The van der Waals surface area contributed by atoms with Gasteiger partial charge in [0.1, 0.15) is 30.0 Å². The first kappa shape index (κ1) is 16.5. The molecule has 0 bridgehead atoms. The second kappa shape index (κ2) is 6.58. The van der Waals surface area contributed by atoms with Crippen LogP contribution in [-0.2, 0) is 24.1 Å². The van der Waals surface area contributed by atoms with E-state index in [2.05, 4.69) is 16.4 Å². The third kappa shape index (κ3) is 2.63. The van der Waals surface area contributed by atoms with E-state index in [1.807, 2.05) is 34.2 Å². The summed E-state index contributed by atoms with van der Waals surface area (Å²) in [4.78, 5) is 14.0. The van der Waals surface area contributed by atoms with Crippen LogP contribution in [0.25, 0.3) is 27.1 Å². The Labute approximate surface area is 166 Å². The van der Waals surface area contributed by atoms with Crippen LogP contribution in [0.3, 0.4) is 0 Å². The average molecular weight is 393 g/mol. The van der Waals surface area contributed by atoms with Crippen LogP contribution in [-0.4, -0.2) is 51.3 Å². The molecule has 4 heterocycles. The van der Waals surface area contributed by atoms with Crippen LogP contribution < -0.4 is 4.90 Å². The zero-order valence-corrected chi connectivity index (χ0v) is 16.3. The molecule has 7 nitrogen and oxygen atoms in total. The number of nitrogens with zero attached hydrogens (tertiary/aromatic N) is 5. The fraction of sp³-hybridized carbons (Fsp3) is 0.400. The monoisotopic (exact) mass is 393 g/mol. The summed E-state index contributed by atoms with van der Waals surface area (Å²) in [5.41, 5.74) is 3.30. The number of fused-ring (bicyclic) bond motifs is 4. The number of aryl methyl sites for hydroxylation is 2. The van der Waals surface area contributed by atoms with Crippen molar-refractivity contribution in [2.24, 2.45) is 0 Å². The molecule has 4 aromatic rings. The fourth-order valence-corrected chi connectivity index (χ4v) is 5.61. The van der Waals surface area contributed by atoms with Crippen LogP contribution in [0.15, 0.2) is 24.3 Å². The summed E-state index contributed by atoms with van der Waals surface area (Å²) < 4.78 is 7.40. The lowest BCUT2D eigenvalue weighted by atomic mass is 10.2. The molecule has 0 atom stereocenters. The first-order valence-corrected chi connectivity index (χ1v) is 10.7. The standard InChI is InChI=1S/C20H20N6OS/c1-2-6-15-14(5-1)23-24-26(15)19-18-13-4-3-7-16(13)28-20(18)22-17(21-19)12-25-8-10-27-11-9-25/h1-2,5-6H,3-4,7-12H2/p+1. The maximum Gasteiger partial charge on any atom is 0.187 e. The number of aromatic nitrogens is 5. The molecule has 28 heavy (non-hydrogen) atoms. The number of hydrogen-bond donors (Lipinski definition) is 1. The maximum absolute atomic E-state index is 5.50. The Morgan fingerprint density at radius 1 is 1.11 bits per heavy atom. The number of thiophene rings is 1. The molecule has 142 valence electrons. The fourth-order valence-electron chi connectivity index (χ4n) is 4.34. The molecule has 2 aliphatic rings. The van der Waals surface area contributed by atoms with Crippen LogP contribution >= 0.6 is 11.3 Å². The van der Waals surface area contributed by atoms with Gasteiger partial charge in [-0.05, 0) is 37.0 Å². The Bertz CT molecular complexity index is 1180. The zero-order valence-electron chi connectivity index (χ0n) is 15.5. The second-order valence-electron chi connectivity index (χ2n) is 7.53. The minimum absolute atomic E-state index is 0.811. The van der Waals surface area contributed by atoms with Gasteiger partial charge in [0.05, 0.1) is 24.1 Å². The Balaban J connectivity index is 1.54. The summed E-state index contributed by atoms with van der Waals surface area (Å²) in [5.74, 6) is 1.78. The van der Waals surface area contributed by atoms with Gasteiger partial charge in [0, 0.05) is 4.88 Å². The van der Waals surface area contributed by atoms with Crippen molar-refractivity contribution in [3.05, 3.63) is 40.5 Å². The van der Waals surface area contributed by atoms with E-state index in [1.165, 1.54) is 27.1 Å². The molecule has 1 aromatic carbocycles. The SMILES string of the molecule is c1ccc2c(c1)nnn2-c1nc(C[NH+]2CCOCC2)nc2sc3c(c12)CCC3. The highest BCUT2D eigenvalue weighted by Gasteiger charge is 2.25. The number of benzene rings is 1. The molecule has 0 saturated carbocycles. The van der Waals surface area contributed by atoms with Gasteiger partial charge in [0.25, 0.3) is 0 Å². The maximum atomic E-state index is 5.50. The summed E-state index contributed by atoms with van der Waals surface area (Å²) >= 11 is 1.83. The summed E-state index contributed by atoms with van der Waals surface area (Å²) in [7, 11) is 0. The summed E-state index contributed by atoms with van der Waals surface area (Å²) in [6.45, 7) is 4.45. The predicted molar refractivity (Wildman–Crippen MR) is 107 cm³/mol. The van der Waals surface area contributed by atoms with Gasteiger partial charge in [-0.1, -0.05) is 17.3 Å². The highest BCUT2D eigenvalue weighted by Crippen LogP contribution is 2.39. The minimum atomic E-state index is 0.811. The summed E-state index contributed by atoms with van der Waals surface area (Å²) in [6.07, 6.45) is 3.47. The Hall–Kier alpha value is -2.42. The molecule has 1 aliphatic carbocycles. The molecule has 3 aromatic heterocycles. The predicted octanol–water partition coefficient (Wildman–Crippen LogP) is 1.33. The topological polar surface area (TPSA) is 70.2 Å². The highest BCUT2D eigenvalue weighted by molar-refractivity contribution is 7.19. The molecule has 1 aliphatic heterocycles. The first-order chi connectivity index (χ1) is 13.9. The van der Waals surface area contributed by atoms with E-state index in [9.17, 15) is 0 Å². The molecule has 6 rings (SSSR count). The number of hydrogen-bond acceptors (Lipinski definition) is 6. The molecule has 1 fully saturated rings. The molecule has 0 radical (unpaired) electrons. The summed E-state index contributed by atoms with van der Waals surface area (Å²) in [6, 6.07) is 8.07. The van der Waals surface area contributed by atoms with Crippen LogP contribution in [0, 0.1) is 0 Å². The highest BCUT2D eigenvalue weighted by atomic mass is 32.1. The van der Waals surface area contributed by atoms with Crippen LogP contribution in [0.1, 0.15) is 22.7 Å². The Morgan fingerprint density at radius 2 is 2.00 bits per heavy atom. The molecular formula is C20H21N6OS+. The van der Waals surface area contributed by atoms with Crippen molar-refractivity contribution in [2.45, 2.75) is 25.8 Å². The number of morpholine rings is 1. The van der Waals surface area contributed by atoms with Gasteiger partial charge in [0.2, 0.25) is 0 Å². The third-order valence-electron chi connectivity index (χ3n) is 5.75. The largest absolute Gasteiger partial charge is 0.370 e. The minimum Gasteiger partial charge on any atom is -0.370 e. The molecular weight excluding hydrogens is 372 g/mol. The van der Waals surface area contributed by atoms with Crippen molar-refractivity contribution >= 4 is 32.6 Å². The average Bonchev–Trinajstić information content (AvgIpc) is 3.42. The summed E-state index contributed by atoms with van der Waals surface area (Å²) in [5, 5.41) is 10.00. The van der Waals surface area contributed by atoms with Crippen LogP contribution in [0.2, 0.25) is 0 Å². The van der Waals surface area contributed by atoms with E-state index in [4.69, 9.17) is 14.7 Å². The lowest BCUT2D eigenvalue weighted by Crippen LogP contribution is -3.12. The molecule has 8 heteroatoms. The number of quaternary nitrogens is 1.